The lowest BCUT2D eigenvalue weighted by Gasteiger charge is -2.34. The fraction of sp³-hybridized carbons (Fsp3) is 0.296. The predicted molar refractivity (Wildman–Crippen MR) is 126 cm³/mol. The summed E-state index contributed by atoms with van der Waals surface area (Å²) in [4.78, 5) is 16.7. The fourth-order valence-electron chi connectivity index (χ4n) is 4.42. The van der Waals surface area contributed by atoms with Gasteiger partial charge in [-0.05, 0) is 36.1 Å². The van der Waals surface area contributed by atoms with Gasteiger partial charge in [0.05, 0.1) is 32.2 Å². The maximum Gasteiger partial charge on any atom is 0.275 e. The van der Waals surface area contributed by atoms with Crippen LogP contribution in [0.25, 0.3) is 0 Å². The van der Waals surface area contributed by atoms with Gasteiger partial charge in [0, 0.05) is 5.69 Å². The first-order valence-electron chi connectivity index (χ1n) is 11.2. The number of nitrogens with zero attached hydrogens (tertiary/aromatic N) is 1. The molecule has 3 aromatic rings. The first-order chi connectivity index (χ1) is 15.2. The molecule has 1 aliphatic heterocycles. The molecule has 3 aromatic carbocycles. The fourth-order valence-corrected chi connectivity index (χ4v) is 4.42. The van der Waals surface area contributed by atoms with Crippen molar-refractivity contribution < 1.29 is 9.69 Å². The Morgan fingerprint density at radius 1 is 0.903 bits per heavy atom. The van der Waals surface area contributed by atoms with Crippen molar-refractivity contribution >= 4 is 11.6 Å². The molecule has 1 heterocycles. The molecule has 1 aliphatic rings. The molecule has 2 N–H and O–H groups in total. The largest absolute Gasteiger partial charge is 0.360 e. The molecular weight excluding hydrogens is 382 g/mol. The molecular formula is C27H32N3O+. The standard InChI is InChI=1S/C27H31N3O/c1-22-10-8-9-15-26(22)30-18-16-29(17-19-30)21-27(31)28-25(24-13-6-3-7-14-24)20-23-11-4-2-5-12-23/h2-15,25H,16-21H2,1H3,(H,28,31)/p+1/t25-/m1/s1. The number of aryl methyl sites for hydroxylation is 1. The predicted octanol–water partition coefficient (Wildman–Crippen LogP) is 2.80. The Morgan fingerprint density at radius 3 is 2.19 bits per heavy atom. The molecule has 1 fully saturated rings. The second-order valence-electron chi connectivity index (χ2n) is 8.42. The number of benzene rings is 3. The quantitative estimate of drug-likeness (QED) is 0.624. The van der Waals surface area contributed by atoms with Crippen LogP contribution in [0.2, 0.25) is 0 Å². The Bertz CT molecular complexity index is 966. The van der Waals surface area contributed by atoms with E-state index in [9.17, 15) is 4.79 Å². The maximum atomic E-state index is 12.9. The monoisotopic (exact) mass is 414 g/mol. The highest BCUT2D eigenvalue weighted by Crippen LogP contribution is 2.19. The molecule has 4 rings (SSSR count). The summed E-state index contributed by atoms with van der Waals surface area (Å²) in [5.41, 5.74) is 5.02. The molecule has 31 heavy (non-hydrogen) atoms. The Kier molecular flexibility index (Phi) is 7.00. The lowest BCUT2D eigenvalue weighted by Crippen LogP contribution is -3.16. The van der Waals surface area contributed by atoms with Crippen molar-refractivity contribution in [2.75, 3.05) is 37.6 Å². The number of amides is 1. The van der Waals surface area contributed by atoms with Crippen LogP contribution in [0.15, 0.2) is 84.9 Å². The number of hydrogen-bond donors (Lipinski definition) is 2. The number of nitrogens with one attached hydrogen (secondary N) is 2. The normalized spacial score (nSPS) is 15.5. The van der Waals surface area contributed by atoms with E-state index < -0.39 is 0 Å². The van der Waals surface area contributed by atoms with Crippen LogP contribution in [0.5, 0.6) is 0 Å². The summed E-state index contributed by atoms with van der Waals surface area (Å²) in [5.74, 6) is 0.129. The first-order valence-corrected chi connectivity index (χ1v) is 11.2. The van der Waals surface area contributed by atoms with Crippen molar-refractivity contribution in [3.05, 3.63) is 102 Å². The SMILES string of the molecule is Cc1ccccc1N1CC[NH+](CC(=O)N[C@H](Cc2ccccc2)c2ccccc2)CC1. The Balaban J connectivity index is 1.34. The average molecular weight is 415 g/mol. The molecule has 0 saturated carbocycles. The van der Waals surface area contributed by atoms with E-state index in [2.05, 4.69) is 77.8 Å². The highest BCUT2D eigenvalue weighted by molar-refractivity contribution is 5.77. The van der Waals surface area contributed by atoms with Crippen molar-refractivity contribution in [1.29, 1.82) is 0 Å². The van der Waals surface area contributed by atoms with Gasteiger partial charge in [0.1, 0.15) is 0 Å². The number of piperazine rings is 1. The van der Waals surface area contributed by atoms with Crippen LogP contribution in [0.3, 0.4) is 0 Å². The van der Waals surface area contributed by atoms with Gasteiger partial charge in [0.15, 0.2) is 6.54 Å². The van der Waals surface area contributed by atoms with Gasteiger partial charge < -0.3 is 15.1 Å². The second kappa shape index (κ2) is 10.3. The third-order valence-electron chi connectivity index (χ3n) is 6.16. The molecule has 1 atom stereocenters. The second-order valence-corrected chi connectivity index (χ2v) is 8.42. The van der Waals surface area contributed by atoms with E-state index in [1.54, 1.807) is 0 Å². The number of hydrogen-bond acceptors (Lipinski definition) is 2. The number of para-hydroxylation sites is 1. The van der Waals surface area contributed by atoms with Crippen LogP contribution >= 0.6 is 0 Å². The summed E-state index contributed by atoms with van der Waals surface area (Å²) in [7, 11) is 0. The topological polar surface area (TPSA) is 36.8 Å². The first kappa shape index (κ1) is 21.1. The van der Waals surface area contributed by atoms with E-state index in [4.69, 9.17) is 0 Å². The number of carbonyl (C=O) groups excluding carboxylic acids is 1. The van der Waals surface area contributed by atoms with Gasteiger partial charge in [0.2, 0.25) is 0 Å². The summed E-state index contributed by atoms with van der Waals surface area (Å²) in [6.07, 6.45) is 0.799. The average Bonchev–Trinajstić information content (AvgIpc) is 2.81. The molecule has 0 spiro atoms. The van der Waals surface area contributed by atoms with Gasteiger partial charge in [-0.3, -0.25) is 4.79 Å². The lowest BCUT2D eigenvalue weighted by atomic mass is 9.99. The molecule has 0 aromatic heterocycles. The zero-order valence-electron chi connectivity index (χ0n) is 18.3. The van der Waals surface area contributed by atoms with E-state index in [0.717, 1.165) is 38.2 Å². The third kappa shape index (κ3) is 5.74. The van der Waals surface area contributed by atoms with Gasteiger partial charge in [-0.1, -0.05) is 78.9 Å². The zero-order valence-corrected chi connectivity index (χ0v) is 18.3. The molecule has 4 heteroatoms. The van der Waals surface area contributed by atoms with E-state index in [1.807, 2.05) is 24.3 Å². The molecule has 1 saturated heterocycles. The van der Waals surface area contributed by atoms with Gasteiger partial charge in [-0.15, -0.1) is 0 Å². The third-order valence-corrected chi connectivity index (χ3v) is 6.16. The Hall–Kier alpha value is -3.11. The summed E-state index contributed by atoms with van der Waals surface area (Å²) < 4.78 is 0. The van der Waals surface area contributed by atoms with Crippen molar-refractivity contribution in [2.24, 2.45) is 0 Å². The number of anilines is 1. The van der Waals surface area contributed by atoms with Crippen LogP contribution < -0.4 is 15.1 Å². The lowest BCUT2D eigenvalue weighted by molar-refractivity contribution is -0.892. The van der Waals surface area contributed by atoms with Gasteiger partial charge in [-0.25, -0.2) is 0 Å². The summed E-state index contributed by atoms with van der Waals surface area (Å²) in [6, 6.07) is 29.2. The van der Waals surface area contributed by atoms with Crippen LogP contribution in [0.1, 0.15) is 22.7 Å². The van der Waals surface area contributed by atoms with Gasteiger partial charge in [-0.2, -0.15) is 0 Å². The van der Waals surface area contributed by atoms with Crippen molar-refractivity contribution in [3.8, 4) is 0 Å². The van der Waals surface area contributed by atoms with E-state index >= 15 is 0 Å². The van der Waals surface area contributed by atoms with Crippen LogP contribution in [-0.2, 0) is 11.2 Å². The van der Waals surface area contributed by atoms with Crippen molar-refractivity contribution in [2.45, 2.75) is 19.4 Å². The van der Waals surface area contributed by atoms with Gasteiger partial charge >= 0.3 is 0 Å². The minimum absolute atomic E-state index is 0.0104. The van der Waals surface area contributed by atoms with E-state index in [0.29, 0.717) is 6.54 Å². The van der Waals surface area contributed by atoms with E-state index in [-0.39, 0.29) is 11.9 Å². The molecule has 0 unspecified atom stereocenters. The molecule has 0 bridgehead atoms. The van der Waals surface area contributed by atoms with Crippen LogP contribution in [0.4, 0.5) is 5.69 Å². The highest BCUT2D eigenvalue weighted by Gasteiger charge is 2.24. The van der Waals surface area contributed by atoms with Crippen molar-refractivity contribution in [1.82, 2.24) is 5.32 Å². The Labute approximate surface area is 185 Å². The Morgan fingerprint density at radius 2 is 1.52 bits per heavy atom. The summed E-state index contributed by atoms with van der Waals surface area (Å²) in [5, 5.41) is 3.31. The van der Waals surface area contributed by atoms with Gasteiger partial charge in [0.25, 0.3) is 5.91 Å². The van der Waals surface area contributed by atoms with Crippen LogP contribution in [0, 0.1) is 6.92 Å². The van der Waals surface area contributed by atoms with Crippen molar-refractivity contribution in [3.63, 3.8) is 0 Å². The molecule has 0 aliphatic carbocycles. The number of carbonyl (C=O) groups is 1. The summed E-state index contributed by atoms with van der Waals surface area (Å²) in [6.45, 7) is 6.63. The molecule has 160 valence electrons. The maximum absolute atomic E-state index is 12.9. The number of rotatable bonds is 7. The smallest absolute Gasteiger partial charge is 0.275 e. The zero-order chi connectivity index (χ0) is 21.5. The molecule has 1 amide bonds. The number of quaternary nitrogens is 1. The summed E-state index contributed by atoms with van der Waals surface area (Å²) >= 11 is 0. The van der Waals surface area contributed by atoms with E-state index in [1.165, 1.54) is 21.7 Å². The minimum Gasteiger partial charge on any atom is -0.360 e. The molecule has 0 radical (unpaired) electrons. The molecule has 4 nitrogen and oxygen atoms in total. The van der Waals surface area contributed by atoms with Crippen LogP contribution in [-0.4, -0.2) is 38.6 Å². The highest BCUT2D eigenvalue weighted by atomic mass is 16.2. The minimum atomic E-state index is -0.0104.